The molecule has 0 aromatic carbocycles. The third-order valence-corrected chi connectivity index (χ3v) is 2.61. The predicted molar refractivity (Wildman–Crippen MR) is 49.3 cm³/mol. The highest BCUT2D eigenvalue weighted by molar-refractivity contribution is 7.99. The van der Waals surface area contributed by atoms with E-state index < -0.39 is 5.97 Å². The molecular weight excluding hydrogens is 192 g/mol. The van der Waals surface area contributed by atoms with Crippen LogP contribution in [-0.2, 0) is 14.3 Å². The van der Waals surface area contributed by atoms with Crippen molar-refractivity contribution >= 4 is 23.6 Å². The van der Waals surface area contributed by atoms with Crippen molar-refractivity contribution in [2.24, 2.45) is 0 Å². The fourth-order valence-corrected chi connectivity index (χ4v) is 1.86. The molecule has 1 amide bonds. The molecule has 0 saturated carbocycles. The molecule has 1 atom stereocenters. The van der Waals surface area contributed by atoms with Crippen molar-refractivity contribution in [2.45, 2.75) is 6.04 Å². The molecule has 1 saturated heterocycles. The van der Waals surface area contributed by atoms with Gasteiger partial charge in [0.15, 0.2) is 0 Å². The summed E-state index contributed by atoms with van der Waals surface area (Å²) in [4.78, 5) is 21.9. The van der Waals surface area contributed by atoms with E-state index in [1.54, 1.807) is 11.8 Å². The third kappa shape index (κ3) is 3.23. The van der Waals surface area contributed by atoms with E-state index in [1.165, 1.54) is 7.11 Å². The van der Waals surface area contributed by atoms with Crippen LogP contribution >= 0.6 is 11.8 Å². The van der Waals surface area contributed by atoms with Crippen LogP contribution in [0.25, 0.3) is 0 Å². The van der Waals surface area contributed by atoms with Gasteiger partial charge in [0.1, 0.15) is 6.54 Å². The Hall–Kier alpha value is -0.750. The average Bonchev–Trinajstić information content (AvgIpc) is 2.66. The average molecular weight is 204 g/mol. The molecule has 74 valence electrons. The summed E-state index contributed by atoms with van der Waals surface area (Å²) in [7, 11) is 1.29. The fraction of sp³-hybridized carbons (Fsp3) is 0.714. The molecule has 1 rings (SSSR count). The third-order valence-electron chi connectivity index (χ3n) is 1.67. The van der Waals surface area contributed by atoms with Crippen molar-refractivity contribution < 1.29 is 14.3 Å². The van der Waals surface area contributed by atoms with Gasteiger partial charge in [-0.3, -0.25) is 14.9 Å². The van der Waals surface area contributed by atoms with Crippen LogP contribution in [0.3, 0.4) is 0 Å². The van der Waals surface area contributed by atoms with Gasteiger partial charge in [0.2, 0.25) is 5.91 Å². The predicted octanol–water partition coefficient (Wildman–Crippen LogP) is -1.06. The SMILES string of the molecule is COC(=O)CNC(=O)C1CSCN1. The summed E-state index contributed by atoms with van der Waals surface area (Å²) in [6.07, 6.45) is 0. The van der Waals surface area contributed by atoms with Crippen molar-refractivity contribution in [3.05, 3.63) is 0 Å². The van der Waals surface area contributed by atoms with E-state index in [2.05, 4.69) is 15.4 Å². The van der Waals surface area contributed by atoms with Gasteiger partial charge >= 0.3 is 5.97 Å². The topological polar surface area (TPSA) is 67.4 Å². The highest BCUT2D eigenvalue weighted by Gasteiger charge is 2.22. The maximum Gasteiger partial charge on any atom is 0.325 e. The minimum Gasteiger partial charge on any atom is -0.468 e. The van der Waals surface area contributed by atoms with Crippen LogP contribution < -0.4 is 10.6 Å². The first-order chi connectivity index (χ1) is 6.24. The smallest absolute Gasteiger partial charge is 0.325 e. The molecule has 1 aliphatic heterocycles. The van der Waals surface area contributed by atoms with E-state index >= 15 is 0 Å². The summed E-state index contributed by atoms with van der Waals surface area (Å²) in [6, 6.07) is -0.172. The molecule has 0 aromatic rings. The Labute approximate surface area is 80.6 Å². The lowest BCUT2D eigenvalue weighted by molar-refractivity contribution is -0.141. The molecule has 1 heterocycles. The monoisotopic (exact) mass is 204 g/mol. The highest BCUT2D eigenvalue weighted by atomic mass is 32.2. The van der Waals surface area contributed by atoms with Gasteiger partial charge in [0, 0.05) is 11.6 Å². The van der Waals surface area contributed by atoms with Gasteiger partial charge in [-0.1, -0.05) is 0 Å². The number of carbonyl (C=O) groups is 2. The number of hydrogen-bond donors (Lipinski definition) is 2. The minimum absolute atomic E-state index is 0.0574. The first kappa shape index (κ1) is 10.3. The summed E-state index contributed by atoms with van der Waals surface area (Å²) in [5.41, 5.74) is 0. The lowest BCUT2D eigenvalue weighted by Gasteiger charge is -2.08. The second-order valence-corrected chi connectivity index (χ2v) is 3.60. The molecule has 1 aliphatic rings. The van der Waals surface area contributed by atoms with Gasteiger partial charge < -0.3 is 10.1 Å². The van der Waals surface area contributed by atoms with Gasteiger partial charge in [-0.15, -0.1) is 11.8 Å². The highest BCUT2D eigenvalue weighted by Crippen LogP contribution is 2.08. The van der Waals surface area contributed by atoms with Crippen molar-refractivity contribution in [3.63, 3.8) is 0 Å². The molecule has 0 bridgehead atoms. The summed E-state index contributed by atoms with van der Waals surface area (Å²) in [5.74, 6) is 0.970. The Morgan fingerprint density at radius 3 is 3.00 bits per heavy atom. The van der Waals surface area contributed by atoms with Crippen LogP contribution in [0.15, 0.2) is 0 Å². The van der Waals surface area contributed by atoms with Crippen LogP contribution in [0.5, 0.6) is 0 Å². The molecule has 0 aliphatic carbocycles. The second kappa shape index (κ2) is 5.08. The normalized spacial score (nSPS) is 21.2. The number of hydrogen-bond acceptors (Lipinski definition) is 5. The molecule has 0 spiro atoms. The maximum absolute atomic E-state index is 11.3. The summed E-state index contributed by atoms with van der Waals surface area (Å²) in [5, 5.41) is 5.48. The lowest BCUT2D eigenvalue weighted by Crippen LogP contribution is -2.43. The van der Waals surface area contributed by atoms with Gasteiger partial charge in [-0.05, 0) is 0 Å². The number of rotatable bonds is 3. The number of ether oxygens (including phenoxy) is 1. The zero-order chi connectivity index (χ0) is 9.68. The minimum atomic E-state index is -0.431. The number of nitrogens with one attached hydrogen (secondary N) is 2. The number of esters is 1. The fourth-order valence-electron chi connectivity index (χ4n) is 0.918. The Morgan fingerprint density at radius 2 is 2.46 bits per heavy atom. The summed E-state index contributed by atoms with van der Waals surface area (Å²) < 4.78 is 4.38. The zero-order valence-corrected chi connectivity index (χ0v) is 8.15. The molecular formula is C7H12N2O3S. The number of thioether (sulfide) groups is 1. The Bertz CT molecular complexity index is 204. The van der Waals surface area contributed by atoms with E-state index in [-0.39, 0.29) is 18.5 Å². The van der Waals surface area contributed by atoms with Crippen LogP contribution in [0.4, 0.5) is 0 Å². The quantitative estimate of drug-likeness (QED) is 0.573. The van der Waals surface area contributed by atoms with Crippen LogP contribution in [0.2, 0.25) is 0 Å². The van der Waals surface area contributed by atoms with Crippen molar-refractivity contribution in [3.8, 4) is 0 Å². The van der Waals surface area contributed by atoms with E-state index in [0.717, 1.165) is 11.6 Å². The molecule has 5 nitrogen and oxygen atoms in total. The van der Waals surface area contributed by atoms with Crippen LogP contribution in [-0.4, -0.2) is 43.2 Å². The molecule has 1 unspecified atom stereocenters. The maximum atomic E-state index is 11.3. The van der Waals surface area contributed by atoms with Crippen LogP contribution in [0, 0.1) is 0 Å². The van der Waals surface area contributed by atoms with E-state index in [1.807, 2.05) is 0 Å². The zero-order valence-electron chi connectivity index (χ0n) is 7.33. The second-order valence-electron chi connectivity index (χ2n) is 2.57. The van der Waals surface area contributed by atoms with Gasteiger partial charge in [-0.25, -0.2) is 0 Å². The van der Waals surface area contributed by atoms with E-state index in [4.69, 9.17) is 0 Å². The molecule has 2 N–H and O–H groups in total. The first-order valence-corrected chi connectivity index (χ1v) is 5.05. The number of carbonyl (C=O) groups excluding carboxylic acids is 2. The van der Waals surface area contributed by atoms with Gasteiger partial charge in [0.25, 0.3) is 0 Å². The standard InChI is InChI=1S/C7H12N2O3S/c1-12-6(10)2-8-7(11)5-3-13-4-9-5/h5,9H,2-4H2,1H3,(H,8,11). The Morgan fingerprint density at radius 1 is 1.69 bits per heavy atom. The number of amides is 1. The van der Waals surface area contributed by atoms with E-state index in [9.17, 15) is 9.59 Å². The van der Waals surface area contributed by atoms with Gasteiger partial charge in [-0.2, -0.15) is 0 Å². The Balaban J connectivity index is 2.20. The van der Waals surface area contributed by atoms with Crippen LogP contribution in [0.1, 0.15) is 0 Å². The molecule has 0 aromatic heterocycles. The first-order valence-electron chi connectivity index (χ1n) is 3.89. The molecule has 1 fully saturated rings. The molecule has 0 radical (unpaired) electrons. The van der Waals surface area contributed by atoms with Crippen molar-refractivity contribution in [1.29, 1.82) is 0 Å². The largest absolute Gasteiger partial charge is 0.468 e. The van der Waals surface area contributed by atoms with Crippen molar-refractivity contribution in [2.75, 3.05) is 25.3 Å². The Kier molecular flexibility index (Phi) is 4.04. The van der Waals surface area contributed by atoms with Gasteiger partial charge in [0.05, 0.1) is 13.2 Å². The summed E-state index contributed by atoms with van der Waals surface area (Å²) >= 11 is 1.66. The molecule has 6 heteroatoms. The molecule has 13 heavy (non-hydrogen) atoms. The van der Waals surface area contributed by atoms with E-state index in [0.29, 0.717) is 0 Å². The van der Waals surface area contributed by atoms with Crippen molar-refractivity contribution in [1.82, 2.24) is 10.6 Å². The number of methoxy groups -OCH3 is 1. The summed E-state index contributed by atoms with van der Waals surface area (Å²) in [6.45, 7) is -0.0574. The lowest BCUT2D eigenvalue weighted by atomic mass is 10.3.